The van der Waals surface area contributed by atoms with Crippen LogP contribution in [-0.4, -0.2) is 75.8 Å². The van der Waals surface area contributed by atoms with Gasteiger partial charge in [-0.3, -0.25) is 9.69 Å². The minimum atomic E-state index is -3.06. The Morgan fingerprint density at radius 2 is 1.83 bits per heavy atom. The molecular formula is C16H26N2O4S. The van der Waals surface area contributed by atoms with Crippen molar-refractivity contribution in [3.8, 4) is 0 Å². The van der Waals surface area contributed by atoms with Crippen LogP contribution in [0, 0.1) is 11.8 Å². The van der Waals surface area contributed by atoms with E-state index in [-0.39, 0.29) is 17.6 Å². The average molecular weight is 342 g/mol. The van der Waals surface area contributed by atoms with E-state index in [1.54, 1.807) is 6.08 Å². The zero-order chi connectivity index (χ0) is 16.3. The molecule has 2 fully saturated rings. The molecule has 130 valence electrons. The van der Waals surface area contributed by atoms with Gasteiger partial charge in [0.05, 0.1) is 19.0 Å². The lowest BCUT2D eigenvalue weighted by molar-refractivity contribution is -0.133. The maximum absolute atomic E-state index is 12.3. The molecule has 0 bridgehead atoms. The van der Waals surface area contributed by atoms with Crippen molar-refractivity contribution in [1.29, 1.82) is 0 Å². The van der Waals surface area contributed by atoms with Crippen molar-refractivity contribution in [3.05, 3.63) is 11.5 Å². The Kier molecular flexibility index (Phi) is 5.38. The Morgan fingerprint density at radius 3 is 2.43 bits per heavy atom. The van der Waals surface area contributed by atoms with E-state index in [1.165, 1.54) is 5.41 Å². The normalized spacial score (nSPS) is 29.0. The highest BCUT2D eigenvalue weighted by Crippen LogP contribution is 2.23. The highest BCUT2D eigenvalue weighted by Gasteiger charge is 2.28. The van der Waals surface area contributed by atoms with Crippen LogP contribution in [0.1, 0.15) is 19.3 Å². The number of sulfone groups is 1. The van der Waals surface area contributed by atoms with E-state index >= 15 is 0 Å². The number of amides is 1. The Bertz CT molecular complexity index is 546. The summed E-state index contributed by atoms with van der Waals surface area (Å²) in [5, 5.41) is 1.25. The minimum absolute atomic E-state index is 0.0895. The molecule has 7 heteroatoms. The van der Waals surface area contributed by atoms with Crippen LogP contribution in [0.5, 0.6) is 0 Å². The number of morpholine rings is 1. The highest BCUT2D eigenvalue weighted by molar-refractivity contribution is 7.94. The Balaban J connectivity index is 1.40. The summed E-state index contributed by atoms with van der Waals surface area (Å²) < 4.78 is 28.2. The van der Waals surface area contributed by atoms with Gasteiger partial charge in [-0.25, -0.2) is 8.42 Å². The van der Waals surface area contributed by atoms with Gasteiger partial charge in [0.1, 0.15) is 0 Å². The number of piperidine rings is 1. The zero-order valence-electron chi connectivity index (χ0n) is 13.5. The third-order valence-corrected chi connectivity index (χ3v) is 6.49. The van der Waals surface area contributed by atoms with Gasteiger partial charge in [-0.1, -0.05) is 6.08 Å². The fraction of sp³-hybridized carbons (Fsp3) is 0.812. The summed E-state index contributed by atoms with van der Waals surface area (Å²) in [5.74, 6) is 0.704. The fourth-order valence-electron chi connectivity index (χ4n) is 3.63. The van der Waals surface area contributed by atoms with E-state index < -0.39 is 9.84 Å². The Hall–Kier alpha value is -0.920. The topological polar surface area (TPSA) is 66.9 Å². The van der Waals surface area contributed by atoms with Crippen LogP contribution in [-0.2, 0) is 19.4 Å². The molecular weight excluding hydrogens is 316 g/mol. The minimum Gasteiger partial charge on any atom is -0.379 e. The summed E-state index contributed by atoms with van der Waals surface area (Å²) in [6.07, 6.45) is 4.08. The SMILES string of the molecule is O=C(C[C@H]1C=CS(=O)(=O)C1)N1CCC(CN2CCOCC2)CC1. The number of hydrogen-bond acceptors (Lipinski definition) is 5. The summed E-state index contributed by atoms with van der Waals surface area (Å²) in [4.78, 5) is 16.7. The first-order valence-electron chi connectivity index (χ1n) is 8.51. The van der Waals surface area contributed by atoms with Gasteiger partial charge in [0.15, 0.2) is 9.84 Å². The second-order valence-electron chi connectivity index (χ2n) is 6.86. The molecule has 1 amide bonds. The van der Waals surface area contributed by atoms with E-state index in [1.807, 2.05) is 4.90 Å². The number of hydrogen-bond donors (Lipinski definition) is 0. The van der Waals surface area contributed by atoms with Crippen LogP contribution < -0.4 is 0 Å². The molecule has 0 N–H and O–H groups in total. The quantitative estimate of drug-likeness (QED) is 0.744. The van der Waals surface area contributed by atoms with Crippen LogP contribution in [0.15, 0.2) is 11.5 Å². The smallest absolute Gasteiger partial charge is 0.223 e. The van der Waals surface area contributed by atoms with Crippen molar-refractivity contribution in [1.82, 2.24) is 9.80 Å². The molecule has 0 spiro atoms. The second kappa shape index (κ2) is 7.32. The predicted octanol–water partition coefficient (Wildman–Crippen LogP) is 0.506. The van der Waals surface area contributed by atoms with E-state index in [2.05, 4.69) is 4.90 Å². The van der Waals surface area contributed by atoms with Gasteiger partial charge in [-0.05, 0) is 18.8 Å². The molecule has 3 heterocycles. The fourth-order valence-corrected chi connectivity index (χ4v) is 5.03. The maximum atomic E-state index is 12.3. The second-order valence-corrected chi connectivity index (χ2v) is 8.79. The third kappa shape index (κ3) is 4.78. The maximum Gasteiger partial charge on any atom is 0.223 e. The van der Waals surface area contributed by atoms with Gasteiger partial charge in [0.25, 0.3) is 0 Å². The van der Waals surface area contributed by atoms with Crippen molar-refractivity contribution >= 4 is 15.7 Å². The Labute approximate surface area is 138 Å². The lowest BCUT2D eigenvalue weighted by Gasteiger charge is -2.36. The molecule has 3 aliphatic heterocycles. The van der Waals surface area contributed by atoms with E-state index in [0.717, 1.165) is 58.8 Å². The van der Waals surface area contributed by atoms with Crippen LogP contribution in [0.2, 0.25) is 0 Å². The standard InChI is InChI=1S/C16H26N2O4S/c19-16(11-15-3-10-23(20,21)13-15)18-4-1-14(2-5-18)12-17-6-8-22-9-7-17/h3,10,14-15H,1-2,4-9,11-13H2/t15-/m1/s1. The van der Waals surface area contributed by atoms with Crippen LogP contribution in [0.4, 0.5) is 0 Å². The molecule has 2 saturated heterocycles. The molecule has 0 aromatic rings. The lowest BCUT2D eigenvalue weighted by Crippen LogP contribution is -2.44. The molecule has 3 aliphatic rings. The molecule has 0 radical (unpaired) electrons. The van der Waals surface area contributed by atoms with Gasteiger partial charge in [0.2, 0.25) is 5.91 Å². The van der Waals surface area contributed by atoms with Gasteiger partial charge >= 0.3 is 0 Å². The van der Waals surface area contributed by atoms with Crippen LogP contribution >= 0.6 is 0 Å². The number of nitrogens with zero attached hydrogens (tertiary/aromatic N) is 2. The summed E-state index contributed by atoms with van der Waals surface area (Å²) in [6.45, 7) is 6.40. The molecule has 0 unspecified atom stereocenters. The van der Waals surface area contributed by atoms with Gasteiger partial charge in [-0.2, -0.15) is 0 Å². The predicted molar refractivity (Wildman–Crippen MR) is 87.6 cm³/mol. The molecule has 3 rings (SSSR count). The number of carbonyl (C=O) groups is 1. The molecule has 23 heavy (non-hydrogen) atoms. The molecule has 6 nitrogen and oxygen atoms in total. The first-order valence-corrected chi connectivity index (χ1v) is 10.2. The molecule has 1 atom stereocenters. The number of allylic oxidation sites excluding steroid dienone is 1. The lowest BCUT2D eigenvalue weighted by atomic mass is 9.95. The van der Waals surface area contributed by atoms with Crippen molar-refractivity contribution < 1.29 is 17.9 Å². The van der Waals surface area contributed by atoms with Crippen molar-refractivity contribution in [2.75, 3.05) is 51.7 Å². The highest BCUT2D eigenvalue weighted by atomic mass is 32.2. The van der Waals surface area contributed by atoms with Crippen LogP contribution in [0.3, 0.4) is 0 Å². The molecule has 0 aromatic carbocycles. The summed E-state index contributed by atoms with van der Waals surface area (Å²) in [7, 11) is -3.06. The molecule has 0 aliphatic carbocycles. The number of ether oxygens (including phenoxy) is 1. The van der Waals surface area contributed by atoms with Crippen molar-refractivity contribution in [2.24, 2.45) is 11.8 Å². The molecule has 0 saturated carbocycles. The van der Waals surface area contributed by atoms with Gasteiger partial charge in [0, 0.05) is 50.5 Å². The number of carbonyl (C=O) groups excluding carboxylic acids is 1. The van der Waals surface area contributed by atoms with Crippen molar-refractivity contribution in [3.63, 3.8) is 0 Å². The first-order chi connectivity index (χ1) is 11.0. The van der Waals surface area contributed by atoms with Gasteiger partial charge < -0.3 is 9.64 Å². The monoisotopic (exact) mass is 342 g/mol. The largest absolute Gasteiger partial charge is 0.379 e. The average Bonchev–Trinajstić information content (AvgIpc) is 2.88. The summed E-state index contributed by atoms with van der Waals surface area (Å²) in [6, 6.07) is 0. The number of likely N-dealkylation sites (tertiary alicyclic amines) is 1. The van der Waals surface area contributed by atoms with Gasteiger partial charge in [-0.15, -0.1) is 0 Å². The molecule has 0 aromatic heterocycles. The Morgan fingerprint density at radius 1 is 1.13 bits per heavy atom. The third-order valence-electron chi connectivity index (χ3n) is 5.03. The van der Waals surface area contributed by atoms with Crippen molar-refractivity contribution in [2.45, 2.75) is 19.3 Å². The summed E-state index contributed by atoms with van der Waals surface area (Å²) >= 11 is 0. The zero-order valence-corrected chi connectivity index (χ0v) is 14.3. The number of rotatable bonds is 4. The van der Waals surface area contributed by atoms with E-state index in [4.69, 9.17) is 4.74 Å². The van der Waals surface area contributed by atoms with E-state index in [0.29, 0.717) is 12.3 Å². The first kappa shape index (κ1) is 16.9. The van der Waals surface area contributed by atoms with Crippen LogP contribution in [0.25, 0.3) is 0 Å². The summed E-state index contributed by atoms with van der Waals surface area (Å²) in [5.41, 5.74) is 0. The van der Waals surface area contributed by atoms with E-state index in [9.17, 15) is 13.2 Å².